The minimum absolute atomic E-state index is 0.652. The van der Waals surface area contributed by atoms with Crippen molar-refractivity contribution in [2.75, 3.05) is 19.0 Å². The predicted molar refractivity (Wildman–Crippen MR) is 137 cm³/mol. The van der Waals surface area contributed by atoms with Crippen LogP contribution in [0.15, 0.2) is 108 Å². The Bertz CT molecular complexity index is 1380. The van der Waals surface area contributed by atoms with Crippen LogP contribution in [0.5, 0.6) is 0 Å². The smallest absolute Gasteiger partial charge is 0.226 e. The second-order valence-corrected chi connectivity index (χ2v) is 8.39. The maximum Gasteiger partial charge on any atom is 0.226 e. The molecule has 5 aromatic rings. The van der Waals surface area contributed by atoms with Crippen molar-refractivity contribution >= 4 is 5.69 Å². The first-order valence-corrected chi connectivity index (χ1v) is 11.1. The van der Waals surface area contributed by atoms with Gasteiger partial charge in [0.25, 0.3) is 0 Å². The number of hydrogen-bond donors (Lipinski definition) is 0. The van der Waals surface area contributed by atoms with E-state index in [0.29, 0.717) is 5.89 Å². The van der Waals surface area contributed by atoms with Gasteiger partial charge in [-0.1, -0.05) is 72.8 Å². The van der Waals surface area contributed by atoms with Crippen molar-refractivity contribution in [1.82, 2.24) is 4.98 Å². The lowest BCUT2D eigenvalue weighted by molar-refractivity contribution is 0.542. The van der Waals surface area contributed by atoms with Crippen molar-refractivity contribution in [2.24, 2.45) is 0 Å². The zero-order valence-corrected chi connectivity index (χ0v) is 19.1. The van der Waals surface area contributed by atoms with Crippen LogP contribution in [-0.4, -0.2) is 19.1 Å². The maximum atomic E-state index is 5.68. The van der Waals surface area contributed by atoms with Crippen LogP contribution < -0.4 is 4.90 Å². The molecule has 0 bridgehead atoms. The topological polar surface area (TPSA) is 29.3 Å². The van der Waals surface area contributed by atoms with Crippen molar-refractivity contribution < 1.29 is 4.42 Å². The van der Waals surface area contributed by atoms with E-state index in [-0.39, 0.29) is 0 Å². The molecule has 0 spiro atoms. The van der Waals surface area contributed by atoms with Crippen LogP contribution in [0.25, 0.3) is 44.8 Å². The molecule has 1 aromatic heterocycles. The average molecular weight is 431 g/mol. The van der Waals surface area contributed by atoms with Gasteiger partial charge in [-0.2, -0.15) is 0 Å². The summed E-state index contributed by atoms with van der Waals surface area (Å²) in [5.74, 6) is 1.47. The number of rotatable bonds is 5. The van der Waals surface area contributed by atoms with Crippen LogP contribution >= 0.6 is 0 Å². The van der Waals surface area contributed by atoms with Gasteiger partial charge in [0.1, 0.15) is 5.76 Å². The summed E-state index contributed by atoms with van der Waals surface area (Å²) >= 11 is 0. The molecule has 3 heteroatoms. The highest BCUT2D eigenvalue weighted by Crippen LogP contribution is 2.38. The number of benzene rings is 4. The third-order valence-electron chi connectivity index (χ3n) is 5.90. The highest BCUT2D eigenvalue weighted by molar-refractivity contribution is 5.92. The summed E-state index contributed by atoms with van der Waals surface area (Å²) in [5.41, 5.74) is 9.40. The summed E-state index contributed by atoms with van der Waals surface area (Å²) < 4.78 is 5.68. The normalized spacial score (nSPS) is 10.9. The first kappa shape index (κ1) is 20.8. The van der Waals surface area contributed by atoms with Crippen molar-refractivity contribution in [3.8, 4) is 44.8 Å². The van der Waals surface area contributed by atoms with Gasteiger partial charge in [0.05, 0.1) is 6.20 Å². The summed E-state index contributed by atoms with van der Waals surface area (Å²) in [6, 6.07) is 34.4. The van der Waals surface area contributed by atoms with E-state index in [1.807, 2.05) is 6.92 Å². The second-order valence-electron chi connectivity index (χ2n) is 8.39. The van der Waals surface area contributed by atoms with Crippen LogP contribution in [0, 0.1) is 6.92 Å². The molecule has 3 nitrogen and oxygen atoms in total. The molecule has 1 heterocycles. The molecule has 0 amide bonds. The molecule has 0 aliphatic carbocycles. The number of aryl methyl sites for hydroxylation is 1. The first-order valence-electron chi connectivity index (χ1n) is 11.1. The second kappa shape index (κ2) is 8.79. The molecule has 5 rings (SSSR count). The van der Waals surface area contributed by atoms with Gasteiger partial charge in [0, 0.05) is 25.3 Å². The predicted octanol–water partition coefficient (Wildman–Crippen LogP) is 7.72. The van der Waals surface area contributed by atoms with Crippen LogP contribution in [0.3, 0.4) is 0 Å². The van der Waals surface area contributed by atoms with E-state index in [4.69, 9.17) is 4.42 Å². The zero-order chi connectivity index (χ0) is 22.8. The quantitative estimate of drug-likeness (QED) is 0.286. The molecule has 0 saturated heterocycles. The van der Waals surface area contributed by atoms with E-state index in [1.165, 1.54) is 33.5 Å². The SMILES string of the molecule is Cc1cnc(-c2ccc(-c3ccccc3-c3ccccc3-c3ccc(N(C)C)cc3)cc2)o1. The van der Waals surface area contributed by atoms with Crippen LogP contribution in [-0.2, 0) is 0 Å². The van der Waals surface area contributed by atoms with E-state index in [0.717, 1.165) is 16.9 Å². The molecule has 0 saturated carbocycles. The van der Waals surface area contributed by atoms with Gasteiger partial charge >= 0.3 is 0 Å². The van der Waals surface area contributed by atoms with Crippen molar-refractivity contribution in [2.45, 2.75) is 6.92 Å². The molecule has 4 aromatic carbocycles. The molecule has 0 aliphatic rings. The van der Waals surface area contributed by atoms with Crippen LogP contribution in [0.4, 0.5) is 5.69 Å². The fourth-order valence-electron chi connectivity index (χ4n) is 4.16. The van der Waals surface area contributed by atoms with Crippen LogP contribution in [0.1, 0.15) is 5.76 Å². The van der Waals surface area contributed by atoms with Crippen molar-refractivity contribution in [3.63, 3.8) is 0 Å². The Hall–Kier alpha value is -4.11. The summed E-state index contributed by atoms with van der Waals surface area (Å²) in [6.45, 7) is 1.91. The Morgan fingerprint density at radius 2 is 1.03 bits per heavy atom. The monoisotopic (exact) mass is 430 g/mol. The summed E-state index contributed by atoms with van der Waals surface area (Å²) in [5, 5.41) is 0. The number of hydrogen-bond acceptors (Lipinski definition) is 3. The van der Waals surface area contributed by atoms with Gasteiger partial charge < -0.3 is 9.32 Å². The zero-order valence-electron chi connectivity index (χ0n) is 19.1. The average Bonchev–Trinajstić information content (AvgIpc) is 3.30. The Morgan fingerprint density at radius 3 is 1.48 bits per heavy atom. The van der Waals surface area contributed by atoms with E-state index in [9.17, 15) is 0 Å². The third kappa shape index (κ3) is 4.18. The standard InChI is InChI=1S/C30H26N2O/c1-21-20-31-30(33-21)24-14-12-22(13-15-24)26-8-4-6-10-28(26)29-11-7-5-9-27(29)23-16-18-25(19-17-23)32(2)3/h4-20H,1-3H3. The highest BCUT2D eigenvalue weighted by Gasteiger charge is 2.13. The van der Waals surface area contributed by atoms with Crippen LogP contribution in [0.2, 0.25) is 0 Å². The molecule has 0 N–H and O–H groups in total. The van der Waals surface area contributed by atoms with E-state index in [1.54, 1.807) is 6.20 Å². The molecule has 33 heavy (non-hydrogen) atoms. The largest absolute Gasteiger partial charge is 0.441 e. The van der Waals surface area contributed by atoms with Gasteiger partial charge in [0.15, 0.2) is 0 Å². The number of oxazole rings is 1. The Morgan fingerprint density at radius 1 is 0.576 bits per heavy atom. The van der Waals surface area contributed by atoms with Gasteiger partial charge in [-0.05, 0) is 64.6 Å². The minimum atomic E-state index is 0.652. The van der Waals surface area contributed by atoms with E-state index >= 15 is 0 Å². The summed E-state index contributed by atoms with van der Waals surface area (Å²) in [7, 11) is 4.13. The maximum absolute atomic E-state index is 5.68. The molecule has 162 valence electrons. The van der Waals surface area contributed by atoms with Crippen molar-refractivity contribution in [3.05, 3.63) is 109 Å². The lowest BCUT2D eigenvalue weighted by atomic mass is 9.89. The lowest BCUT2D eigenvalue weighted by Crippen LogP contribution is -2.07. The summed E-state index contributed by atoms with van der Waals surface area (Å²) in [6.07, 6.45) is 1.75. The molecule has 0 radical (unpaired) electrons. The molecule has 0 unspecified atom stereocenters. The molecule has 0 aliphatic heterocycles. The van der Waals surface area contributed by atoms with Gasteiger partial charge in [-0.15, -0.1) is 0 Å². The Kier molecular flexibility index (Phi) is 5.54. The fraction of sp³-hybridized carbons (Fsp3) is 0.100. The Balaban J connectivity index is 1.56. The van der Waals surface area contributed by atoms with E-state index < -0.39 is 0 Å². The number of anilines is 1. The van der Waals surface area contributed by atoms with Gasteiger partial charge in [0.2, 0.25) is 5.89 Å². The minimum Gasteiger partial charge on any atom is -0.441 e. The Labute approximate surface area is 195 Å². The lowest BCUT2D eigenvalue weighted by Gasteiger charge is -2.16. The van der Waals surface area contributed by atoms with Gasteiger partial charge in [-0.3, -0.25) is 0 Å². The van der Waals surface area contributed by atoms with Gasteiger partial charge in [-0.25, -0.2) is 4.98 Å². The number of nitrogens with zero attached hydrogens (tertiary/aromatic N) is 2. The molecular formula is C30H26N2O. The third-order valence-corrected chi connectivity index (χ3v) is 5.90. The van der Waals surface area contributed by atoms with Crippen molar-refractivity contribution in [1.29, 1.82) is 0 Å². The molecular weight excluding hydrogens is 404 g/mol. The van der Waals surface area contributed by atoms with E-state index in [2.05, 4.69) is 121 Å². The molecule has 0 fully saturated rings. The highest BCUT2D eigenvalue weighted by atomic mass is 16.4. The molecule has 0 atom stereocenters. The number of aromatic nitrogens is 1. The first-order chi connectivity index (χ1) is 16.1. The fourth-order valence-corrected chi connectivity index (χ4v) is 4.16. The summed E-state index contributed by atoms with van der Waals surface area (Å²) in [4.78, 5) is 6.47.